The summed E-state index contributed by atoms with van der Waals surface area (Å²) in [6.07, 6.45) is -1.67. The Labute approximate surface area is 130 Å². The van der Waals surface area contributed by atoms with Crippen LogP contribution in [0.2, 0.25) is 0 Å². The lowest BCUT2D eigenvalue weighted by Crippen LogP contribution is -2.38. The summed E-state index contributed by atoms with van der Waals surface area (Å²) in [4.78, 5) is 15.7. The summed E-state index contributed by atoms with van der Waals surface area (Å²) < 4.78 is 44.3. The van der Waals surface area contributed by atoms with Gasteiger partial charge in [0.1, 0.15) is 0 Å². The van der Waals surface area contributed by atoms with Crippen molar-refractivity contribution in [1.29, 1.82) is 0 Å². The zero-order valence-corrected chi connectivity index (χ0v) is 12.6. The van der Waals surface area contributed by atoms with Crippen molar-refractivity contribution in [2.24, 2.45) is 5.92 Å². The van der Waals surface area contributed by atoms with E-state index in [0.29, 0.717) is 12.1 Å². The van der Waals surface area contributed by atoms with Crippen LogP contribution in [-0.2, 0) is 6.42 Å². The molecule has 2 aromatic heterocycles. The Bertz CT molecular complexity index is 653. The van der Waals surface area contributed by atoms with Crippen molar-refractivity contribution >= 4 is 5.91 Å². The van der Waals surface area contributed by atoms with E-state index in [1.807, 2.05) is 19.2 Å². The second-order valence-electron chi connectivity index (χ2n) is 5.51. The van der Waals surface area contributed by atoms with E-state index in [9.17, 15) is 18.0 Å². The minimum atomic E-state index is -4.65. The van der Waals surface area contributed by atoms with Crippen LogP contribution in [0.1, 0.15) is 41.7 Å². The fraction of sp³-hybridized carbons (Fsp3) is 0.400. The normalized spacial score (nSPS) is 13.1. The summed E-state index contributed by atoms with van der Waals surface area (Å²) in [6, 6.07) is 1.81. The molecule has 2 heterocycles. The predicted molar refractivity (Wildman–Crippen MR) is 75.5 cm³/mol. The van der Waals surface area contributed by atoms with Crippen molar-refractivity contribution in [2.75, 3.05) is 0 Å². The van der Waals surface area contributed by atoms with Gasteiger partial charge in [-0.05, 0) is 18.4 Å². The van der Waals surface area contributed by atoms with E-state index in [0.717, 1.165) is 6.20 Å². The second kappa shape index (κ2) is 6.80. The molecule has 0 aliphatic rings. The Morgan fingerprint density at radius 1 is 1.39 bits per heavy atom. The molecule has 0 saturated carbocycles. The van der Waals surface area contributed by atoms with Crippen LogP contribution in [-0.4, -0.2) is 22.2 Å². The minimum absolute atomic E-state index is 0.157. The van der Waals surface area contributed by atoms with E-state index in [4.69, 9.17) is 4.52 Å². The van der Waals surface area contributed by atoms with Gasteiger partial charge in [-0.3, -0.25) is 9.78 Å². The molecule has 0 aromatic carbocycles. The van der Waals surface area contributed by atoms with E-state index >= 15 is 0 Å². The number of carbonyl (C=O) groups is 1. The first-order valence-electron chi connectivity index (χ1n) is 7.00. The molecular formula is C15H16F3N3O2. The van der Waals surface area contributed by atoms with E-state index in [1.165, 1.54) is 24.4 Å². The molecule has 1 unspecified atom stereocenters. The van der Waals surface area contributed by atoms with Gasteiger partial charge in [-0.2, -0.15) is 13.2 Å². The molecular weight excluding hydrogens is 311 g/mol. The second-order valence-corrected chi connectivity index (χ2v) is 5.51. The van der Waals surface area contributed by atoms with Crippen molar-refractivity contribution in [3.05, 3.63) is 47.6 Å². The number of pyridine rings is 1. The number of rotatable bonds is 5. The number of hydrogen-bond donors (Lipinski definition) is 1. The maximum atomic E-state index is 13.2. The summed E-state index contributed by atoms with van der Waals surface area (Å²) >= 11 is 0. The van der Waals surface area contributed by atoms with E-state index in [1.54, 1.807) is 0 Å². The van der Waals surface area contributed by atoms with Crippen LogP contribution in [0.25, 0.3) is 0 Å². The van der Waals surface area contributed by atoms with Crippen LogP contribution in [0.4, 0.5) is 13.2 Å². The zero-order valence-electron chi connectivity index (χ0n) is 12.6. The number of amides is 1. The molecule has 0 aliphatic heterocycles. The first kappa shape index (κ1) is 17.0. The predicted octanol–water partition coefficient (Wildman–Crippen LogP) is 3.30. The molecule has 0 bridgehead atoms. The molecule has 8 heteroatoms. The molecule has 0 spiro atoms. The third-order valence-electron chi connectivity index (χ3n) is 3.02. The fourth-order valence-corrected chi connectivity index (χ4v) is 2.04. The molecule has 1 atom stereocenters. The van der Waals surface area contributed by atoms with Crippen molar-refractivity contribution in [3.63, 3.8) is 0 Å². The third kappa shape index (κ3) is 4.54. The number of alkyl halides is 3. The number of carbonyl (C=O) groups excluding carboxylic acids is 1. The molecule has 0 fully saturated rings. The topological polar surface area (TPSA) is 68.0 Å². The maximum absolute atomic E-state index is 13.2. The van der Waals surface area contributed by atoms with Gasteiger partial charge in [0.05, 0.1) is 5.69 Å². The van der Waals surface area contributed by atoms with Gasteiger partial charge in [-0.25, -0.2) is 0 Å². The first-order valence-corrected chi connectivity index (χ1v) is 7.00. The Hall–Kier alpha value is -2.38. The SMILES string of the molecule is CC(C)Cc1cc(C(=O)NC(c2cccnc2)C(F)(F)F)on1. The highest BCUT2D eigenvalue weighted by atomic mass is 19.4. The molecule has 124 valence electrons. The minimum Gasteiger partial charge on any atom is -0.351 e. The van der Waals surface area contributed by atoms with Crippen LogP contribution >= 0.6 is 0 Å². The molecule has 0 saturated heterocycles. The number of nitrogens with one attached hydrogen (secondary N) is 1. The summed E-state index contributed by atoms with van der Waals surface area (Å²) in [6.45, 7) is 3.91. The van der Waals surface area contributed by atoms with Gasteiger partial charge in [0.25, 0.3) is 5.91 Å². The highest BCUT2D eigenvalue weighted by Gasteiger charge is 2.42. The zero-order chi connectivity index (χ0) is 17.0. The average molecular weight is 327 g/mol. The number of halogens is 3. The number of nitrogens with zero attached hydrogens (tertiary/aromatic N) is 2. The Balaban J connectivity index is 2.16. The highest BCUT2D eigenvalue weighted by molar-refractivity contribution is 5.91. The van der Waals surface area contributed by atoms with Crippen molar-refractivity contribution in [2.45, 2.75) is 32.5 Å². The van der Waals surface area contributed by atoms with Crippen molar-refractivity contribution < 1.29 is 22.5 Å². The molecule has 0 aliphatic carbocycles. The summed E-state index contributed by atoms with van der Waals surface area (Å²) in [7, 11) is 0. The first-order chi connectivity index (χ1) is 10.8. The Morgan fingerprint density at radius 3 is 2.70 bits per heavy atom. The van der Waals surface area contributed by atoms with Gasteiger partial charge in [-0.15, -0.1) is 0 Å². The van der Waals surface area contributed by atoms with Crippen molar-refractivity contribution in [3.8, 4) is 0 Å². The van der Waals surface area contributed by atoms with Gasteiger partial charge in [-0.1, -0.05) is 25.1 Å². The monoisotopic (exact) mass is 327 g/mol. The largest absolute Gasteiger partial charge is 0.412 e. The highest BCUT2D eigenvalue weighted by Crippen LogP contribution is 2.32. The van der Waals surface area contributed by atoms with E-state index in [2.05, 4.69) is 10.1 Å². The Morgan fingerprint density at radius 2 is 2.13 bits per heavy atom. The van der Waals surface area contributed by atoms with E-state index < -0.39 is 18.1 Å². The van der Waals surface area contributed by atoms with E-state index in [-0.39, 0.29) is 17.2 Å². The number of hydrogen-bond acceptors (Lipinski definition) is 4. The molecule has 5 nitrogen and oxygen atoms in total. The maximum Gasteiger partial charge on any atom is 0.412 e. The van der Waals surface area contributed by atoms with Gasteiger partial charge in [0.2, 0.25) is 5.76 Å². The van der Waals surface area contributed by atoms with Crippen LogP contribution < -0.4 is 5.32 Å². The quantitative estimate of drug-likeness (QED) is 0.915. The van der Waals surface area contributed by atoms with Crippen molar-refractivity contribution in [1.82, 2.24) is 15.5 Å². The summed E-state index contributed by atoms with van der Waals surface area (Å²) in [5.41, 5.74) is 0.366. The standard InChI is InChI=1S/C15H16F3N3O2/c1-9(2)6-11-7-12(23-21-11)14(22)20-13(15(16,17)18)10-4-3-5-19-8-10/h3-5,7-9,13H,6H2,1-2H3,(H,20,22). The van der Waals surface area contributed by atoms with Crippen LogP contribution in [0.5, 0.6) is 0 Å². The lowest BCUT2D eigenvalue weighted by atomic mass is 10.1. The van der Waals surface area contributed by atoms with Gasteiger partial charge < -0.3 is 9.84 Å². The Kier molecular flexibility index (Phi) is 5.02. The van der Waals surface area contributed by atoms with Crippen LogP contribution in [0, 0.1) is 5.92 Å². The summed E-state index contributed by atoms with van der Waals surface area (Å²) in [5, 5.41) is 5.61. The molecule has 1 amide bonds. The third-order valence-corrected chi connectivity index (χ3v) is 3.02. The summed E-state index contributed by atoms with van der Waals surface area (Å²) in [5.74, 6) is -0.938. The lowest BCUT2D eigenvalue weighted by molar-refractivity contribution is -0.155. The van der Waals surface area contributed by atoms with Gasteiger partial charge >= 0.3 is 6.18 Å². The number of aromatic nitrogens is 2. The molecule has 23 heavy (non-hydrogen) atoms. The fourth-order valence-electron chi connectivity index (χ4n) is 2.04. The molecule has 1 N–H and O–H groups in total. The molecule has 2 aromatic rings. The molecule has 0 radical (unpaired) electrons. The average Bonchev–Trinajstić information content (AvgIpc) is 2.92. The smallest absolute Gasteiger partial charge is 0.351 e. The van der Waals surface area contributed by atoms with Gasteiger partial charge in [0.15, 0.2) is 6.04 Å². The van der Waals surface area contributed by atoms with Gasteiger partial charge in [0, 0.05) is 24.0 Å². The van der Waals surface area contributed by atoms with Crippen LogP contribution in [0.15, 0.2) is 35.1 Å². The van der Waals surface area contributed by atoms with Crippen LogP contribution in [0.3, 0.4) is 0 Å². The molecule has 2 rings (SSSR count). The lowest BCUT2D eigenvalue weighted by Gasteiger charge is -2.20.